The van der Waals surface area contributed by atoms with Crippen molar-refractivity contribution in [3.8, 4) is 0 Å². The van der Waals surface area contributed by atoms with Crippen molar-refractivity contribution < 1.29 is 9.53 Å². The maximum atomic E-state index is 12.1. The standard InChI is InChI=1S/C14H16N2O2/c1-14(2,3)18-13(17)10-6-7-16-12-5-4-9(15)8-11(10)12/h4-8H,15H2,1-3H3. The number of pyridine rings is 1. The normalized spacial score (nSPS) is 11.5. The Hall–Kier alpha value is -2.10. The maximum Gasteiger partial charge on any atom is 0.339 e. The Bertz CT molecular complexity index is 600. The van der Waals surface area contributed by atoms with Crippen LogP contribution in [0, 0.1) is 0 Å². The van der Waals surface area contributed by atoms with Crippen LogP contribution in [0.2, 0.25) is 0 Å². The summed E-state index contributed by atoms with van der Waals surface area (Å²) >= 11 is 0. The van der Waals surface area contributed by atoms with Crippen LogP contribution in [0.5, 0.6) is 0 Å². The van der Waals surface area contributed by atoms with Crippen LogP contribution in [-0.2, 0) is 4.74 Å². The average Bonchev–Trinajstić information content (AvgIpc) is 2.25. The quantitative estimate of drug-likeness (QED) is 0.618. The monoisotopic (exact) mass is 244 g/mol. The molecule has 4 heteroatoms. The SMILES string of the molecule is CC(C)(C)OC(=O)c1ccnc2ccc(N)cc12. The summed E-state index contributed by atoms with van der Waals surface area (Å²) < 4.78 is 5.36. The summed E-state index contributed by atoms with van der Waals surface area (Å²) in [6.07, 6.45) is 1.60. The number of benzene rings is 1. The fourth-order valence-electron chi connectivity index (χ4n) is 1.67. The van der Waals surface area contributed by atoms with Crippen LogP contribution in [0.1, 0.15) is 31.1 Å². The molecule has 0 aliphatic heterocycles. The van der Waals surface area contributed by atoms with E-state index >= 15 is 0 Å². The Morgan fingerprint density at radius 1 is 1.28 bits per heavy atom. The summed E-state index contributed by atoms with van der Waals surface area (Å²) in [6.45, 7) is 5.51. The minimum atomic E-state index is -0.521. The molecule has 1 heterocycles. The molecule has 0 fully saturated rings. The lowest BCUT2D eigenvalue weighted by molar-refractivity contribution is 0.00718. The van der Waals surface area contributed by atoms with Crippen LogP contribution in [0.4, 0.5) is 5.69 Å². The van der Waals surface area contributed by atoms with Gasteiger partial charge in [-0.1, -0.05) is 0 Å². The number of aromatic nitrogens is 1. The van der Waals surface area contributed by atoms with E-state index in [0.29, 0.717) is 16.6 Å². The van der Waals surface area contributed by atoms with Crippen molar-refractivity contribution in [1.29, 1.82) is 0 Å². The minimum Gasteiger partial charge on any atom is -0.456 e. The summed E-state index contributed by atoms with van der Waals surface area (Å²) in [5.74, 6) is -0.361. The molecular formula is C14H16N2O2. The van der Waals surface area contributed by atoms with Gasteiger partial charge in [0.05, 0.1) is 11.1 Å². The Balaban J connectivity index is 2.51. The number of anilines is 1. The van der Waals surface area contributed by atoms with Gasteiger partial charge in [0.1, 0.15) is 5.60 Å². The molecule has 0 saturated heterocycles. The summed E-state index contributed by atoms with van der Waals surface area (Å²) in [4.78, 5) is 16.3. The summed E-state index contributed by atoms with van der Waals surface area (Å²) in [5.41, 5.74) is 7.03. The van der Waals surface area contributed by atoms with Crippen molar-refractivity contribution in [2.45, 2.75) is 26.4 Å². The first-order valence-electron chi connectivity index (χ1n) is 5.74. The molecule has 1 aromatic carbocycles. The molecule has 1 aromatic heterocycles. The first-order valence-corrected chi connectivity index (χ1v) is 5.74. The Morgan fingerprint density at radius 2 is 2.00 bits per heavy atom. The van der Waals surface area contributed by atoms with E-state index < -0.39 is 5.60 Å². The van der Waals surface area contributed by atoms with Crippen molar-refractivity contribution in [2.24, 2.45) is 0 Å². The number of nitrogens with two attached hydrogens (primary N) is 1. The summed E-state index contributed by atoms with van der Waals surface area (Å²) in [6, 6.07) is 6.93. The van der Waals surface area contributed by atoms with Crippen molar-refractivity contribution in [3.05, 3.63) is 36.0 Å². The van der Waals surface area contributed by atoms with Gasteiger partial charge in [0, 0.05) is 17.3 Å². The highest BCUT2D eigenvalue weighted by atomic mass is 16.6. The smallest absolute Gasteiger partial charge is 0.339 e. The third kappa shape index (κ3) is 2.59. The fraction of sp³-hybridized carbons (Fsp3) is 0.286. The highest BCUT2D eigenvalue weighted by Gasteiger charge is 2.19. The van der Waals surface area contributed by atoms with Crippen molar-refractivity contribution in [1.82, 2.24) is 4.98 Å². The van der Waals surface area contributed by atoms with Crippen LogP contribution >= 0.6 is 0 Å². The van der Waals surface area contributed by atoms with Gasteiger partial charge in [-0.3, -0.25) is 4.98 Å². The summed E-state index contributed by atoms with van der Waals surface area (Å²) in [7, 11) is 0. The molecule has 2 rings (SSSR count). The second-order valence-electron chi connectivity index (χ2n) is 5.14. The van der Waals surface area contributed by atoms with E-state index in [9.17, 15) is 4.79 Å². The zero-order valence-electron chi connectivity index (χ0n) is 10.7. The van der Waals surface area contributed by atoms with E-state index in [1.54, 1.807) is 30.5 Å². The van der Waals surface area contributed by atoms with Gasteiger partial charge in [-0.2, -0.15) is 0 Å². The van der Waals surface area contributed by atoms with E-state index in [1.165, 1.54) is 0 Å². The Kier molecular flexibility index (Phi) is 2.95. The Morgan fingerprint density at radius 3 is 2.67 bits per heavy atom. The van der Waals surface area contributed by atoms with Gasteiger partial charge in [-0.05, 0) is 45.0 Å². The number of rotatable bonds is 1. The van der Waals surface area contributed by atoms with E-state index in [1.807, 2.05) is 20.8 Å². The van der Waals surface area contributed by atoms with Gasteiger partial charge in [-0.25, -0.2) is 4.79 Å². The second kappa shape index (κ2) is 4.29. The van der Waals surface area contributed by atoms with Crippen molar-refractivity contribution in [3.63, 3.8) is 0 Å². The molecular weight excluding hydrogens is 228 g/mol. The zero-order chi connectivity index (χ0) is 13.3. The number of nitrogens with zero attached hydrogens (tertiary/aromatic N) is 1. The molecule has 0 bridgehead atoms. The second-order valence-corrected chi connectivity index (χ2v) is 5.14. The van der Waals surface area contributed by atoms with Gasteiger partial charge in [0.25, 0.3) is 0 Å². The number of nitrogen functional groups attached to an aromatic ring is 1. The number of ether oxygens (including phenoxy) is 1. The van der Waals surface area contributed by atoms with E-state index in [0.717, 1.165) is 5.52 Å². The molecule has 0 atom stereocenters. The van der Waals surface area contributed by atoms with E-state index in [2.05, 4.69) is 4.98 Å². The first-order chi connectivity index (χ1) is 8.37. The largest absolute Gasteiger partial charge is 0.456 e. The van der Waals surface area contributed by atoms with Gasteiger partial charge >= 0.3 is 5.97 Å². The van der Waals surface area contributed by atoms with Crippen LogP contribution in [-0.4, -0.2) is 16.6 Å². The lowest BCUT2D eigenvalue weighted by Gasteiger charge is -2.20. The van der Waals surface area contributed by atoms with Gasteiger partial charge < -0.3 is 10.5 Å². The van der Waals surface area contributed by atoms with E-state index in [4.69, 9.17) is 10.5 Å². The van der Waals surface area contributed by atoms with Crippen LogP contribution in [0.25, 0.3) is 10.9 Å². The lowest BCUT2D eigenvalue weighted by Crippen LogP contribution is -2.24. The molecule has 0 spiro atoms. The predicted molar refractivity (Wildman–Crippen MR) is 71.3 cm³/mol. The molecule has 18 heavy (non-hydrogen) atoms. The number of carbonyl (C=O) groups is 1. The fourth-order valence-corrected chi connectivity index (χ4v) is 1.67. The maximum absolute atomic E-state index is 12.1. The lowest BCUT2D eigenvalue weighted by atomic mass is 10.1. The minimum absolute atomic E-state index is 0.361. The van der Waals surface area contributed by atoms with Gasteiger partial charge in [0.15, 0.2) is 0 Å². The third-order valence-electron chi connectivity index (χ3n) is 2.38. The number of hydrogen-bond acceptors (Lipinski definition) is 4. The van der Waals surface area contributed by atoms with Crippen LogP contribution < -0.4 is 5.73 Å². The molecule has 0 aliphatic carbocycles. The molecule has 0 aliphatic rings. The first kappa shape index (κ1) is 12.4. The molecule has 2 N–H and O–H groups in total. The summed E-state index contributed by atoms with van der Waals surface area (Å²) in [5, 5.41) is 0.715. The predicted octanol–water partition coefficient (Wildman–Crippen LogP) is 2.77. The highest BCUT2D eigenvalue weighted by Crippen LogP contribution is 2.22. The topological polar surface area (TPSA) is 65.2 Å². The number of esters is 1. The molecule has 4 nitrogen and oxygen atoms in total. The highest BCUT2D eigenvalue weighted by molar-refractivity contribution is 6.04. The molecule has 0 saturated carbocycles. The molecule has 94 valence electrons. The number of hydrogen-bond donors (Lipinski definition) is 1. The number of fused-ring (bicyclic) bond motifs is 1. The van der Waals surface area contributed by atoms with E-state index in [-0.39, 0.29) is 5.97 Å². The average molecular weight is 244 g/mol. The van der Waals surface area contributed by atoms with Crippen LogP contribution in [0.15, 0.2) is 30.5 Å². The molecule has 0 unspecified atom stereocenters. The molecule has 0 amide bonds. The van der Waals surface area contributed by atoms with Gasteiger partial charge in [-0.15, -0.1) is 0 Å². The number of carbonyl (C=O) groups excluding carboxylic acids is 1. The third-order valence-corrected chi connectivity index (χ3v) is 2.38. The molecule has 0 radical (unpaired) electrons. The van der Waals surface area contributed by atoms with Crippen LogP contribution in [0.3, 0.4) is 0 Å². The Labute approximate surface area is 106 Å². The molecule has 2 aromatic rings. The van der Waals surface area contributed by atoms with Crippen molar-refractivity contribution >= 4 is 22.6 Å². The van der Waals surface area contributed by atoms with Gasteiger partial charge in [0.2, 0.25) is 0 Å². The zero-order valence-corrected chi connectivity index (χ0v) is 10.7. The van der Waals surface area contributed by atoms with Crippen molar-refractivity contribution in [2.75, 3.05) is 5.73 Å².